The summed E-state index contributed by atoms with van der Waals surface area (Å²) in [5.41, 5.74) is 1.79. The van der Waals surface area contributed by atoms with E-state index >= 15 is 0 Å². The minimum absolute atomic E-state index is 0.182. The van der Waals surface area contributed by atoms with Crippen LogP contribution in [0.5, 0.6) is 5.75 Å². The number of hydrogen-bond donors (Lipinski definition) is 2. The van der Waals surface area contributed by atoms with Crippen LogP contribution >= 0.6 is 0 Å². The first kappa shape index (κ1) is 17.7. The molecule has 0 unspecified atom stereocenters. The third-order valence-corrected chi connectivity index (χ3v) is 3.92. The lowest BCUT2D eigenvalue weighted by molar-refractivity contribution is 0.414. The van der Waals surface area contributed by atoms with Gasteiger partial charge < -0.3 is 15.4 Å². The van der Waals surface area contributed by atoms with Gasteiger partial charge >= 0.3 is 0 Å². The summed E-state index contributed by atoms with van der Waals surface area (Å²) in [4.78, 5) is 8.65. The van der Waals surface area contributed by atoms with Crippen LogP contribution in [-0.2, 0) is 13.0 Å². The van der Waals surface area contributed by atoms with Crippen LogP contribution in [-0.4, -0.2) is 23.6 Å². The molecule has 0 radical (unpaired) electrons. The van der Waals surface area contributed by atoms with Gasteiger partial charge in [-0.15, -0.1) is 0 Å². The molecule has 1 heterocycles. The van der Waals surface area contributed by atoms with Gasteiger partial charge in [0.1, 0.15) is 17.4 Å². The second-order valence-electron chi connectivity index (χ2n) is 5.74. The van der Waals surface area contributed by atoms with E-state index < -0.39 is 0 Å². The second kappa shape index (κ2) is 8.80. The van der Waals surface area contributed by atoms with Gasteiger partial charge in [-0.25, -0.2) is 9.37 Å². The zero-order valence-corrected chi connectivity index (χ0v) is 14.6. The zero-order chi connectivity index (χ0) is 18.2. The van der Waals surface area contributed by atoms with Crippen molar-refractivity contribution < 1.29 is 9.13 Å². The molecule has 3 rings (SSSR count). The van der Waals surface area contributed by atoms with Crippen LogP contribution < -0.4 is 15.4 Å². The molecule has 0 aliphatic heterocycles. The van der Waals surface area contributed by atoms with Crippen LogP contribution in [0.1, 0.15) is 11.1 Å². The average molecular weight is 352 g/mol. The van der Waals surface area contributed by atoms with Crippen molar-refractivity contribution in [1.82, 2.24) is 9.97 Å². The first-order valence-corrected chi connectivity index (χ1v) is 8.42. The van der Waals surface area contributed by atoms with Crippen molar-refractivity contribution >= 4 is 11.8 Å². The minimum Gasteiger partial charge on any atom is -0.497 e. The third-order valence-electron chi connectivity index (χ3n) is 3.92. The number of halogens is 1. The number of rotatable bonds is 8. The molecule has 26 heavy (non-hydrogen) atoms. The fraction of sp³-hybridized carbons (Fsp3) is 0.200. The summed E-state index contributed by atoms with van der Waals surface area (Å²) < 4.78 is 18.8. The van der Waals surface area contributed by atoms with Crippen LogP contribution in [0, 0.1) is 5.82 Å². The minimum atomic E-state index is -0.182. The lowest BCUT2D eigenvalue weighted by Crippen LogP contribution is -2.09. The van der Waals surface area contributed by atoms with Crippen LogP contribution in [0.2, 0.25) is 0 Å². The molecule has 6 heteroatoms. The van der Waals surface area contributed by atoms with Crippen molar-refractivity contribution in [3.05, 3.63) is 77.7 Å². The number of benzene rings is 2. The smallest absolute Gasteiger partial charge is 0.224 e. The summed E-state index contributed by atoms with van der Waals surface area (Å²) in [6.07, 6.45) is 2.28. The number of methoxy groups -OCH3 is 1. The maximum atomic E-state index is 13.6. The van der Waals surface area contributed by atoms with E-state index in [1.54, 1.807) is 31.5 Å². The standard InChI is InChI=1S/C20H21FN4O/c1-26-17-8-6-15(7-9-17)14-24-20-23-13-11-19(25-20)22-12-10-16-4-2-3-5-18(16)21/h2-9,11,13H,10,12,14H2,1H3,(H2,22,23,24,25). The van der Waals surface area contributed by atoms with Crippen LogP contribution in [0.4, 0.5) is 16.2 Å². The molecule has 5 nitrogen and oxygen atoms in total. The van der Waals surface area contributed by atoms with E-state index in [1.807, 2.05) is 30.3 Å². The summed E-state index contributed by atoms with van der Waals surface area (Å²) in [5.74, 6) is 1.88. The summed E-state index contributed by atoms with van der Waals surface area (Å²) in [5, 5.41) is 6.39. The molecule has 0 aliphatic rings. The Balaban J connectivity index is 1.51. The van der Waals surface area contributed by atoms with Gasteiger partial charge in [-0.2, -0.15) is 4.98 Å². The van der Waals surface area contributed by atoms with E-state index in [1.165, 1.54) is 6.07 Å². The van der Waals surface area contributed by atoms with Crippen molar-refractivity contribution in [2.75, 3.05) is 24.3 Å². The maximum absolute atomic E-state index is 13.6. The van der Waals surface area contributed by atoms with Crippen LogP contribution in [0.3, 0.4) is 0 Å². The molecular formula is C20H21FN4O. The van der Waals surface area contributed by atoms with E-state index in [2.05, 4.69) is 20.6 Å². The van der Waals surface area contributed by atoms with Gasteiger partial charge in [0.05, 0.1) is 7.11 Å². The Bertz CT molecular complexity index is 839. The van der Waals surface area contributed by atoms with Crippen LogP contribution in [0.15, 0.2) is 60.8 Å². The van der Waals surface area contributed by atoms with E-state index in [4.69, 9.17) is 4.74 Å². The van der Waals surface area contributed by atoms with E-state index in [-0.39, 0.29) is 5.82 Å². The quantitative estimate of drug-likeness (QED) is 0.644. The first-order valence-electron chi connectivity index (χ1n) is 8.42. The Kier molecular flexibility index (Phi) is 5.98. The molecule has 0 aliphatic carbocycles. The van der Waals surface area contributed by atoms with Crippen molar-refractivity contribution in [1.29, 1.82) is 0 Å². The van der Waals surface area contributed by atoms with Gasteiger partial charge in [0.2, 0.25) is 5.95 Å². The number of hydrogen-bond acceptors (Lipinski definition) is 5. The summed E-state index contributed by atoms with van der Waals surface area (Å²) in [7, 11) is 1.64. The van der Waals surface area contributed by atoms with Gasteiger partial charge in [-0.05, 0) is 41.8 Å². The molecule has 0 bridgehead atoms. The number of nitrogens with zero attached hydrogens (tertiary/aromatic N) is 2. The molecule has 0 saturated carbocycles. The SMILES string of the molecule is COc1ccc(CNc2nccc(NCCc3ccccc3F)n2)cc1. The molecule has 0 saturated heterocycles. The molecule has 3 aromatic rings. The third kappa shape index (κ3) is 4.92. The monoisotopic (exact) mass is 352 g/mol. The number of ether oxygens (including phenoxy) is 1. The lowest BCUT2D eigenvalue weighted by atomic mass is 10.1. The molecule has 0 atom stereocenters. The predicted octanol–water partition coefficient (Wildman–Crippen LogP) is 3.89. The molecule has 0 amide bonds. The van der Waals surface area contributed by atoms with Crippen molar-refractivity contribution in [3.8, 4) is 5.75 Å². The van der Waals surface area contributed by atoms with Crippen molar-refractivity contribution in [2.24, 2.45) is 0 Å². The second-order valence-corrected chi connectivity index (χ2v) is 5.74. The summed E-state index contributed by atoms with van der Waals surface area (Å²) in [6.45, 7) is 1.21. The van der Waals surface area contributed by atoms with Crippen molar-refractivity contribution in [2.45, 2.75) is 13.0 Å². The van der Waals surface area contributed by atoms with Gasteiger partial charge in [0.15, 0.2) is 0 Å². The lowest BCUT2D eigenvalue weighted by Gasteiger charge is -2.09. The highest BCUT2D eigenvalue weighted by atomic mass is 19.1. The molecule has 134 valence electrons. The van der Waals surface area contributed by atoms with Gasteiger partial charge in [-0.1, -0.05) is 30.3 Å². The molecule has 0 fully saturated rings. The molecular weight excluding hydrogens is 331 g/mol. The Hall–Kier alpha value is -3.15. The van der Waals surface area contributed by atoms with Gasteiger partial charge in [0, 0.05) is 19.3 Å². The van der Waals surface area contributed by atoms with E-state index in [0.29, 0.717) is 36.8 Å². The normalized spacial score (nSPS) is 10.4. The highest BCUT2D eigenvalue weighted by Crippen LogP contribution is 2.13. The van der Waals surface area contributed by atoms with E-state index in [0.717, 1.165) is 11.3 Å². The Labute approximate surface area is 152 Å². The number of nitrogens with one attached hydrogen (secondary N) is 2. The Morgan fingerprint density at radius 2 is 1.81 bits per heavy atom. The fourth-order valence-electron chi connectivity index (χ4n) is 2.49. The summed E-state index contributed by atoms with van der Waals surface area (Å²) in [6, 6.07) is 16.4. The average Bonchev–Trinajstić information content (AvgIpc) is 2.69. The van der Waals surface area contributed by atoms with E-state index in [9.17, 15) is 4.39 Å². The molecule has 2 aromatic carbocycles. The fourth-order valence-corrected chi connectivity index (χ4v) is 2.49. The molecule has 1 aromatic heterocycles. The number of aromatic nitrogens is 2. The largest absolute Gasteiger partial charge is 0.497 e. The highest BCUT2D eigenvalue weighted by molar-refractivity contribution is 5.40. The predicted molar refractivity (Wildman–Crippen MR) is 101 cm³/mol. The first-order chi connectivity index (χ1) is 12.7. The Morgan fingerprint density at radius 3 is 2.58 bits per heavy atom. The van der Waals surface area contributed by atoms with Crippen LogP contribution in [0.25, 0.3) is 0 Å². The topological polar surface area (TPSA) is 59.1 Å². The highest BCUT2D eigenvalue weighted by Gasteiger charge is 2.02. The number of anilines is 2. The van der Waals surface area contributed by atoms with Gasteiger partial charge in [0.25, 0.3) is 0 Å². The Morgan fingerprint density at radius 1 is 1.00 bits per heavy atom. The summed E-state index contributed by atoms with van der Waals surface area (Å²) >= 11 is 0. The zero-order valence-electron chi connectivity index (χ0n) is 14.6. The van der Waals surface area contributed by atoms with Gasteiger partial charge in [-0.3, -0.25) is 0 Å². The molecule has 0 spiro atoms. The maximum Gasteiger partial charge on any atom is 0.224 e. The molecule has 2 N–H and O–H groups in total. The van der Waals surface area contributed by atoms with Crippen molar-refractivity contribution in [3.63, 3.8) is 0 Å².